The Balaban J connectivity index is 1.54. The highest BCUT2D eigenvalue weighted by Gasteiger charge is 2.24. The van der Waals surface area contributed by atoms with Crippen LogP contribution in [-0.4, -0.2) is 34.2 Å². The van der Waals surface area contributed by atoms with Gasteiger partial charge in [0.2, 0.25) is 0 Å². The third-order valence-electron chi connectivity index (χ3n) is 4.14. The van der Waals surface area contributed by atoms with E-state index in [1.807, 2.05) is 0 Å². The van der Waals surface area contributed by atoms with Gasteiger partial charge in [-0.15, -0.1) is 11.3 Å². The summed E-state index contributed by atoms with van der Waals surface area (Å²) in [4.78, 5) is 7.11. The fourth-order valence-electron chi connectivity index (χ4n) is 2.95. The lowest BCUT2D eigenvalue weighted by Gasteiger charge is -2.21. The number of aromatic nitrogens is 1. The van der Waals surface area contributed by atoms with Crippen LogP contribution in [0.3, 0.4) is 0 Å². The molecule has 4 heteroatoms. The Morgan fingerprint density at radius 3 is 2.90 bits per heavy atom. The number of benzene rings is 1. The maximum Gasteiger partial charge on any atom is 0.0932 e. The Hall–Kier alpha value is -1.23. The summed E-state index contributed by atoms with van der Waals surface area (Å²) < 4.78 is 0. The van der Waals surface area contributed by atoms with E-state index in [0.717, 1.165) is 38.0 Å². The van der Waals surface area contributed by atoms with Gasteiger partial charge in [-0.05, 0) is 31.4 Å². The zero-order valence-electron chi connectivity index (χ0n) is 12.2. The van der Waals surface area contributed by atoms with E-state index in [9.17, 15) is 5.11 Å². The molecule has 1 aromatic heterocycles. The summed E-state index contributed by atoms with van der Waals surface area (Å²) >= 11 is 1.76. The van der Waals surface area contributed by atoms with Crippen LogP contribution in [0, 0.1) is 0 Å². The van der Waals surface area contributed by atoms with Gasteiger partial charge < -0.3 is 5.11 Å². The van der Waals surface area contributed by atoms with Crippen LogP contribution in [0.15, 0.2) is 35.7 Å². The summed E-state index contributed by atoms with van der Waals surface area (Å²) in [5, 5.41) is 12.8. The minimum absolute atomic E-state index is 0.269. The molecule has 0 bridgehead atoms. The highest BCUT2D eigenvalue weighted by atomic mass is 32.1. The second-order valence-corrected chi connectivity index (χ2v) is 6.61. The van der Waals surface area contributed by atoms with Crippen molar-refractivity contribution in [2.24, 2.45) is 0 Å². The molecule has 0 aliphatic carbocycles. The number of rotatable bonds is 6. The Labute approximate surface area is 130 Å². The molecule has 1 saturated heterocycles. The van der Waals surface area contributed by atoms with Crippen molar-refractivity contribution in [2.45, 2.75) is 38.3 Å². The van der Waals surface area contributed by atoms with E-state index < -0.39 is 0 Å². The first-order valence-corrected chi connectivity index (χ1v) is 8.55. The zero-order chi connectivity index (χ0) is 14.5. The van der Waals surface area contributed by atoms with Gasteiger partial charge in [-0.25, -0.2) is 4.98 Å². The van der Waals surface area contributed by atoms with Crippen molar-refractivity contribution < 1.29 is 5.11 Å². The van der Waals surface area contributed by atoms with E-state index >= 15 is 0 Å². The number of aryl methyl sites for hydroxylation is 2. The average molecular weight is 302 g/mol. The molecule has 3 nitrogen and oxygen atoms in total. The normalized spacial score (nSPS) is 19.2. The lowest BCUT2D eigenvalue weighted by Crippen LogP contribution is -2.31. The van der Waals surface area contributed by atoms with E-state index in [2.05, 4.69) is 40.6 Å². The summed E-state index contributed by atoms with van der Waals surface area (Å²) in [5.74, 6) is 0. The Morgan fingerprint density at radius 2 is 2.10 bits per heavy atom. The molecule has 1 N–H and O–H groups in total. The van der Waals surface area contributed by atoms with Crippen LogP contribution in [0.2, 0.25) is 0 Å². The lowest BCUT2D eigenvalue weighted by atomic mass is 10.1. The maximum absolute atomic E-state index is 9.37. The summed E-state index contributed by atoms with van der Waals surface area (Å²) in [5.41, 5.74) is 2.53. The zero-order valence-corrected chi connectivity index (χ0v) is 13.1. The van der Waals surface area contributed by atoms with Crippen LogP contribution in [0.5, 0.6) is 0 Å². The van der Waals surface area contributed by atoms with Gasteiger partial charge in [0, 0.05) is 24.4 Å². The Bertz CT molecular complexity index is 555. The van der Waals surface area contributed by atoms with Crippen LogP contribution in [-0.2, 0) is 19.4 Å². The first-order valence-electron chi connectivity index (χ1n) is 7.67. The van der Waals surface area contributed by atoms with E-state index in [4.69, 9.17) is 4.98 Å². The quantitative estimate of drug-likeness (QED) is 0.891. The molecular weight excluding hydrogens is 280 g/mol. The lowest BCUT2D eigenvalue weighted by molar-refractivity contribution is 0.152. The molecule has 1 atom stereocenters. The molecule has 112 valence electrons. The van der Waals surface area contributed by atoms with Crippen molar-refractivity contribution in [2.75, 3.05) is 13.2 Å². The number of aliphatic hydroxyl groups excluding tert-OH is 1. The highest BCUT2D eigenvalue weighted by Crippen LogP contribution is 2.21. The summed E-state index contributed by atoms with van der Waals surface area (Å²) in [7, 11) is 0. The molecule has 21 heavy (non-hydrogen) atoms. The minimum Gasteiger partial charge on any atom is -0.395 e. The third-order valence-corrected chi connectivity index (χ3v) is 5.10. The van der Waals surface area contributed by atoms with Gasteiger partial charge in [0.05, 0.1) is 17.3 Å². The van der Waals surface area contributed by atoms with Crippen molar-refractivity contribution >= 4 is 11.3 Å². The molecule has 1 aliphatic rings. The second kappa shape index (κ2) is 7.16. The van der Waals surface area contributed by atoms with Crippen molar-refractivity contribution in [3.63, 3.8) is 0 Å². The van der Waals surface area contributed by atoms with Crippen molar-refractivity contribution in [1.82, 2.24) is 9.88 Å². The van der Waals surface area contributed by atoms with Crippen molar-refractivity contribution in [3.05, 3.63) is 52.0 Å². The summed E-state index contributed by atoms with van der Waals surface area (Å²) in [6.07, 6.45) is 4.37. The second-order valence-electron chi connectivity index (χ2n) is 5.67. The first-order chi connectivity index (χ1) is 10.3. The van der Waals surface area contributed by atoms with Gasteiger partial charge in [0.25, 0.3) is 0 Å². The molecular formula is C17H22N2OS. The molecule has 2 aromatic rings. The number of thiazole rings is 1. The highest BCUT2D eigenvalue weighted by molar-refractivity contribution is 7.09. The number of likely N-dealkylation sites (tertiary alicyclic amines) is 1. The number of nitrogens with zero attached hydrogens (tertiary/aromatic N) is 2. The van der Waals surface area contributed by atoms with Crippen molar-refractivity contribution in [1.29, 1.82) is 0 Å². The SMILES string of the molecule is OC[C@@H]1CCCN1Cc1csc(CCc2ccccc2)n1. The fourth-order valence-corrected chi connectivity index (χ4v) is 3.74. The van der Waals surface area contributed by atoms with E-state index in [-0.39, 0.29) is 6.61 Å². The standard InChI is InChI=1S/C17H22N2OS/c20-12-16-7-4-10-19(16)11-15-13-21-17(18-15)9-8-14-5-2-1-3-6-14/h1-3,5-6,13,16,20H,4,7-12H2/t16-/m0/s1. The Kier molecular flexibility index (Phi) is 5.01. The molecule has 0 amide bonds. The largest absolute Gasteiger partial charge is 0.395 e. The average Bonchev–Trinajstić information content (AvgIpc) is 3.16. The molecule has 2 heterocycles. The summed E-state index contributed by atoms with van der Waals surface area (Å²) in [6, 6.07) is 10.9. The molecule has 0 saturated carbocycles. The topological polar surface area (TPSA) is 36.4 Å². The smallest absolute Gasteiger partial charge is 0.0932 e. The van der Waals surface area contributed by atoms with E-state index in [1.165, 1.54) is 17.0 Å². The minimum atomic E-state index is 0.269. The van der Waals surface area contributed by atoms with Gasteiger partial charge in [0.1, 0.15) is 0 Å². The fraction of sp³-hybridized carbons (Fsp3) is 0.471. The van der Waals surface area contributed by atoms with E-state index in [1.54, 1.807) is 11.3 Å². The van der Waals surface area contributed by atoms with Gasteiger partial charge in [-0.3, -0.25) is 4.90 Å². The van der Waals surface area contributed by atoms with Crippen molar-refractivity contribution in [3.8, 4) is 0 Å². The molecule has 1 aliphatic heterocycles. The molecule has 0 radical (unpaired) electrons. The van der Waals surface area contributed by atoms with Crippen LogP contribution in [0.1, 0.15) is 29.1 Å². The predicted molar refractivity (Wildman–Crippen MR) is 86.5 cm³/mol. The first kappa shape index (κ1) is 14.7. The van der Waals surface area contributed by atoms with Crippen LogP contribution in [0.25, 0.3) is 0 Å². The van der Waals surface area contributed by atoms with Crippen LogP contribution >= 0.6 is 11.3 Å². The van der Waals surface area contributed by atoms with Gasteiger partial charge >= 0.3 is 0 Å². The molecule has 0 spiro atoms. The third kappa shape index (κ3) is 3.90. The maximum atomic E-state index is 9.37. The van der Waals surface area contributed by atoms with E-state index in [0.29, 0.717) is 6.04 Å². The predicted octanol–water partition coefficient (Wildman–Crippen LogP) is 2.89. The van der Waals surface area contributed by atoms with Crippen LogP contribution < -0.4 is 0 Å². The van der Waals surface area contributed by atoms with Gasteiger partial charge in [-0.1, -0.05) is 30.3 Å². The van der Waals surface area contributed by atoms with Gasteiger partial charge in [-0.2, -0.15) is 0 Å². The Morgan fingerprint density at radius 1 is 1.24 bits per heavy atom. The summed E-state index contributed by atoms with van der Waals surface area (Å²) in [6.45, 7) is 2.24. The molecule has 0 unspecified atom stereocenters. The number of aliphatic hydroxyl groups is 1. The number of hydrogen-bond acceptors (Lipinski definition) is 4. The monoisotopic (exact) mass is 302 g/mol. The molecule has 1 aromatic carbocycles. The van der Waals surface area contributed by atoms with Crippen LogP contribution in [0.4, 0.5) is 0 Å². The van der Waals surface area contributed by atoms with Gasteiger partial charge in [0.15, 0.2) is 0 Å². The molecule has 3 rings (SSSR count). The number of hydrogen-bond donors (Lipinski definition) is 1. The molecule has 1 fully saturated rings.